The van der Waals surface area contributed by atoms with Crippen molar-refractivity contribution in [1.82, 2.24) is 15.5 Å². The summed E-state index contributed by atoms with van der Waals surface area (Å²) in [6.45, 7) is 0.428. The molecule has 0 saturated heterocycles. The van der Waals surface area contributed by atoms with Gasteiger partial charge in [-0.1, -0.05) is 30.5 Å². The van der Waals surface area contributed by atoms with Crippen LogP contribution < -0.4 is 5.32 Å². The first-order valence-corrected chi connectivity index (χ1v) is 10.3. The predicted octanol–water partition coefficient (Wildman–Crippen LogP) is 4.84. The van der Waals surface area contributed by atoms with Crippen molar-refractivity contribution in [2.45, 2.75) is 44.6 Å². The molecule has 4 rings (SSSR count). The molecule has 7 heteroatoms. The first kappa shape index (κ1) is 16.5. The van der Waals surface area contributed by atoms with Crippen LogP contribution in [0.15, 0.2) is 33.5 Å². The first-order valence-electron chi connectivity index (χ1n) is 8.52. The van der Waals surface area contributed by atoms with Crippen LogP contribution in [0.2, 0.25) is 0 Å². The third kappa shape index (κ3) is 3.82. The fourth-order valence-corrected chi connectivity index (χ4v) is 4.64. The highest BCUT2D eigenvalue weighted by Crippen LogP contribution is 2.33. The Kier molecular flexibility index (Phi) is 4.94. The van der Waals surface area contributed by atoms with Crippen molar-refractivity contribution in [2.24, 2.45) is 0 Å². The van der Waals surface area contributed by atoms with Gasteiger partial charge in [0, 0.05) is 17.4 Å². The number of amides is 1. The zero-order valence-electron chi connectivity index (χ0n) is 13.7. The van der Waals surface area contributed by atoms with Gasteiger partial charge in [0.1, 0.15) is 5.01 Å². The van der Waals surface area contributed by atoms with Crippen molar-refractivity contribution >= 4 is 28.6 Å². The molecule has 1 N–H and O–H groups in total. The van der Waals surface area contributed by atoms with Crippen LogP contribution in [-0.2, 0) is 6.54 Å². The molecular weight excluding hydrogens is 354 g/mol. The maximum atomic E-state index is 12.3. The van der Waals surface area contributed by atoms with Crippen LogP contribution in [0.25, 0.3) is 10.6 Å². The average Bonchev–Trinajstić information content (AvgIpc) is 3.41. The third-order valence-corrected chi connectivity index (χ3v) is 6.25. The molecule has 0 aromatic carbocycles. The molecule has 3 aromatic rings. The second kappa shape index (κ2) is 7.49. The molecule has 1 fully saturated rings. The molecule has 3 heterocycles. The minimum Gasteiger partial charge on any atom is -0.355 e. The molecular formula is C18H19N3O2S2. The van der Waals surface area contributed by atoms with Gasteiger partial charge < -0.3 is 9.84 Å². The quantitative estimate of drug-likeness (QED) is 0.695. The molecule has 0 radical (unpaired) electrons. The van der Waals surface area contributed by atoms with Crippen LogP contribution in [0.5, 0.6) is 0 Å². The van der Waals surface area contributed by atoms with E-state index >= 15 is 0 Å². The van der Waals surface area contributed by atoms with E-state index in [0.717, 1.165) is 9.88 Å². The van der Waals surface area contributed by atoms with Crippen LogP contribution in [-0.4, -0.2) is 16.0 Å². The molecule has 1 amide bonds. The van der Waals surface area contributed by atoms with Gasteiger partial charge in [-0.05, 0) is 24.3 Å². The van der Waals surface area contributed by atoms with E-state index in [0.29, 0.717) is 23.9 Å². The lowest BCUT2D eigenvalue weighted by molar-refractivity contribution is 0.0942. The number of carbonyl (C=O) groups is 1. The van der Waals surface area contributed by atoms with Gasteiger partial charge >= 0.3 is 0 Å². The first-order chi connectivity index (χ1) is 12.3. The highest BCUT2D eigenvalue weighted by molar-refractivity contribution is 7.13. The van der Waals surface area contributed by atoms with E-state index in [1.165, 1.54) is 37.8 Å². The van der Waals surface area contributed by atoms with Crippen LogP contribution in [0.1, 0.15) is 59.2 Å². The molecule has 1 aliphatic rings. The maximum Gasteiger partial charge on any atom is 0.273 e. The summed E-state index contributed by atoms with van der Waals surface area (Å²) in [5.74, 6) is 0.980. The van der Waals surface area contributed by atoms with Gasteiger partial charge in [0.2, 0.25) is 0 Å². The van der Waals surface area contributed by atoms with Crippen molar-refractivity contribution in [3.8, 4) is 10.6 Å². The van der Waals surface area contributed by atoms with Crippen LogP contribution in [0, 0.1) is 0 Å². The number of nitrogens with one attached hydrogen (secondary N) is 1. The lowest BCUT2D eigenvalue weighted by Gasteiger charge is -2.19. The molecule has 0 spiro atoms. The van der Waals surface area contributed by atoms with Crippen molar-refractivity contribution < 1.29 is 9.32 Å². The fourth-order valence-electron chi connectivity index (χ4n) is 3.16. The summed E-state index contributed by atoms with van der Waals surface area (Å²) < 4.78 is 5.25. The Morgan fingerprint density at radius 1 is 1.28 bits per heavy atom. The topological polar surface area (TPSA) is 68.0 Å². The van der Waals surface area contributed by atoms with E-state index in [9.17, 15) is 4.79 Å². The number of hydrogen-bond acceptors (Lipinski definition) is 6. The van der Waals surface area contributed by atoms with Gasteiger partial charge in [0.05, 0.1) is 17.1 Å². The van der Waals surface area contributed by atoms with Gasteiger partial charge in [-0.2, -0.15) is 0 Å². The van der Waals surface area contributed by atoms with E-state index < -0.39 is 0 Å². The summed E-state index contributed by atoms with van der Waals surface area (Å²) in [4.78, 5) is 17.9. The summed E-state index contributed by atoms with van der Waals surface area (Å²) >= 11 is 3.17. The number of hydrogen-bond donors (Lipinski definition) is 1. The summed E-state index contributed by atoms with van der Waals surface area (Å²) in [7, 11) is 0. The Morgan fingerprint density at radius 2 is 2.16 bits per heavy atom. The Labute approximate surface area is 154 Å². The van der Waals surface area contributed by atoms with Crippen molar-refractivity contribution in [1.29, 1.82) is 0 Å². The minimum atomic E-state index is -0.235. The third-order valence-electron chi connectivity index (χ3n) is 4.50. The zero-order valence-corrected chi connectivity index (χ0v) is 15.4. The largest absolute Gasteiger partial charge is 0.355 e. The molecule has 1 aliphatic carbocycles. The Balaban J connectivity index is 1.35. The molecule has 1 saturated carbocycles. The SMILES string of the molecule is O=C(NCc1nc(C2CCCCC2)cs1)c1cc(-c2cccs2)on1. The number of thiazole rings is 1. The number of aromatic nitrogens is 2. The lowest BCUT2D eigenvalue weighted by atomic mass is 9.87. The van der Waals surface area contributed by atoms with E-state index in [2.05, 4.69) is 15.9 Å². The standard InChI is InChI=1S/C18H19N3O2S2/c22-18(13-9-15(23-21-13)16-7-4-8-24-16)19-10-17-20-14(11-25-17)12-5-2-1-3-6-12/h4,7-9,11-12H,1-3,5-6,10H2,(H,19,22). The Bertz CT molecular complexity index is 832. The molecule has 0 bridgehead atoms. The molecule has 0 unspecified atom stereocenters. The minimum absolute atomic E-state index is 0.235. The zero-order chi connectivity index (χ0) is 17.1. The summed E-state index contributed by atoms with van der Waals surface area (Å²) in [6, 6.07) is 5.56. The predicted molar refractivity (Wildman–Crippen MR) is 98.9 cm³/mol. The second-order valence-corrected chi connectivity index (χ2v) is 8.13. The summed E-state index contributed by atoms with van der Waals surface area (Å²) in [5, 5.41) is 11.8. The monoisotopic (exact) mass is 373 g/mol. The van der Waals surface area contributed by atoms with E-state index in [1.807, 2.05) is 17.5 Å². The van der Waals surface area contributed by atoms with E-state index in [4.69, 9.17) is 9.51 Å². The number of thiophene rings is 1. The normalized spacial score (nSPS) is 15.4. The number of rotatable bonds is 5. The molecule has 130 valence electrons. The number of nitrogens with zero attached hydrogens (tertiary/aromatic N) is 2. The smallest absolute Gasteiger partial charge is 0.273 e. The molecule has 5 nitrogen and oxygen atoms in total. The lowest BCUT2D eigenvalue weighted by Crippen LogP contribution is -2.23. The molecule has 3 aromatic heterocycles. The van der Waals surface area contributed by atoms with Gasteiger partial charge in [-0.3, -0.25) is 4.79 Å². The highest BCUT2D eigenvalue weighted by Gasteiger charge is 2.19. The Morgan fingerprint density at radius 3 is 2.96 bits per heavy atom. The molecule has 0 aliphatic heterocycles. The molecule has 25 heavy (non-hydrogen) atoms. The van der Waals surface area contributed by atoms with E-state index in [-0.39, 0.29) is 5.91 Å². The van der Waals surface area contributed by atoms with E-state index in [1.54, 1.807) is 28.7 Å². The van der Waals surface area contributed by atoms with Gasteiger partial charge in [0.15, 0.2) is 11.5 Å². The highest BCUT2D eigenvalue weighted by atomic mass is 32.1. The van der Waals surface area contributed by atoms with Crippen LogP contribution >= 0.6 is 22.7 Å². The fraction of sp³-hybridized carbons (Fsp3) is 0.389. The maximum absolute atomic E-state index is 12.3. The number of carbonyl (C=O) groups excluding carboxylic acids is 1. The average molecular weight is 374 g/mol. The second-order valence-electron chi connectivity index (χ2n) is 6.24. The molecule has 0 atom stereocenters. The van der Waals surface area contributed by atoms with Crippen molar-refractivity contribution in [2.75, 3.05) is 0 Å². The van der Waals surface area contributed by atoms with Crippen molar-refractivity contribution in [3.05, 3.63) is 45.4 Å². The van der Waals surface area contributed by atoms with Gasteiger partial charge in [-0.25, -0.2) is 4.98 Å². The Hall–Kier alpha value is -1.99. The van der Waals surface area contributed by atoms with Crippen LogP contribution in [0.3, 0.4) is 0 Å². The van der Waals surface area contributed by atoms with Gasteiger partial charge in [-0.15, -0.1) is 22.7 Å². The summed E-state index contributed by atoms with van der Waals surface area (Å²) in [5.41, 5.74) is 1.49. The van der Waals surface area contributed by atoms with Crippen LogP contribution in [0.4, 0.5) is 0 Å². The summed E-state index contributed by atoms with van der Waals surface area (Å²) in [6.07, 6.45) is 6.41. The van der Waals surface area contributed by atoms with Crippen molar-refractivity contribution in [3.63, 3.8) is 0 Å². The van der Waals surface area contributed by atoms with Gasteiger partial charge in [0.25, 0.3) is 5.91 Å².